The van der Waals surface area contributed by atoms with Crippen LogP contribution in [-0.2, 0) is 24.0 Å². The molecular weight excluding hydrogens is 424 g/mol. The summed E-state index contributed by atoms with van der Waals surface area (Å²) in [6.07, 6.45) is 0.235. The van der Waals surface area contributed by atoms with Crippen molar-refractivity contribution in [2.45, 2.75) is 75.7 Å². The van der Waals surface area contributed by atoms with Gasteiger partial charge >= 0.3 is 5.97 Å². The van der Waals surface area contributed by atoms with E-state index in [1.807, 2.05) is 0 Å². The number of rotatable bonds is 13. The Morgan fingerprint density at radius 1 is 1.12 bits per heavy atom. The normalized spacial score (nSPS) is 19.5. The average Bonchev–Trinajstić information content (AvgIpc) is 3.20. The summed E-state index contributed by atoms with van der Waals surface area (Å²) in [6.45, 7) is 1.84. The average molecular weight is 459 g/mol. The number of aliphatic hydroxyl groups is 1. The van der Waals surface area contributed by atoms with Crippen molar-refractivity contribution in [1.82, 2.24) is 15.5 Å². The number of carboxylic acids is 1. The molecule has 32 heavy (non-hydrogen) atoms. The highest BCUT2D eigenvalue weighted by Gasteiger charge is 2.40. The lowest BCUT2D eigenvalue weighted by Crippen LogP contribution is -2.60. The molecule has 0 radical (unpaired) electrons. The standard InChI is InChI=1S/C19H34N6O7/c1-10(26)15(18(30)25-8-4-6-13(25)19(31)32)24-17(29)12(5-2-3-7-20)23-16(28)11(21)9-14(22)27/h10-13,15,26H,2-9,20-21H2,1H3,(H2,22,27)(H,23,28)(H,24,29)(H,31,32). The van der Waals surface area contributed by atoms with Gasteiger partial charge in [-0.2, -0.15) is 0 Å². The predicted molar refractivity (Wildman–Crippen MR) is 113 cm³/mol. The smallest absolute Gasteiger partial charge is 0.326 e. The number of aliphatic hydroxyl groups excluding tert-OH is 1. The Kier molecular flexibility index (Phi) is 11.0. The molecule has 0 bridgehead atoms. The van der Waals surface area contributed by atoms with Crippen LogP contribution in [0.25, 0.3) is 0 Å². The molecule has 1 saturated heterocycles. The van der Waals surface area contributed by atoms with Crippen LogP contribution in [0.5, 0.6) is 0 Å². The van der Waals surface area contributed by atoms with Gasteiger partial charge in [-0.15, -0.1) is 0 Å². The Hall–Kier alpha value is -2.77. The van der Waals surface area contributed by atoms with Gasteiger partial charge in [-0.1, -0.05) is 0 Å². The zero-order valence-corrected chi connectivity index (χ0v) is 18.2. The molecule has 0 aromatic carbocycles. The number of primary amides is 1. The number of aliphatic carboxylic acids is 1. The molecule has 4 amide bonds. The van der Waals surface area contributed by atoms with E-state index < -0.39 is 66.3 Å². The fourth-order valence-electron chi connectivity index (χ4n) is 3.46. The predicted octanol–water partition coefficient (Wildman–Crippen LogP) is -3.26. The zero-order valence-electron chi connectivity index (χ0n) is 18.2. The molecule has 0 saturated carbocycles. The second-order valence-corrected chi connectivity index (χ2v) is 7.88. The largest absolute Gasteiger partial charge is 0.480 e. The molecule has 10 N–H and O–H groups in total. The number of carboxylic acid groups (broad SMARTS) is 1. The lowest BCUT2D eigenvalue weighted by atomic mass is 10.0. The van der Waals surface area contributed by atoms with Gasteiger partial charge in [0, 0.05) is 6.54 Å². The molecule has 5 unspecified atom stereocenters. The van der Waals surface area contributed by atoms with Crippen molar-refractivity contribution in [2.24, 2.45) is 17.2 Å². The first-order valence-electron chi connectivity index (χ1n) is 10.6. The lowest BCUT2D eigenvalue weighted by molar-refractivity contribution is -0.150. The minimum atomic E-state index is -1.41. The first-order valence-corrected chi connectivity index (χ1v) is 10.6. The molecule has 1 aliphatic heterocycles. The first kappa shape index (κ1) is 27.3. The summed E-state index contributed by atoms with van der Waals surface area (Å²) in [4.78, 5) is 61.5. The lowest BCUT2D eigenvalue weighted by Gasteiger charge is -2.30. The van der Waals surface area contributed by atoms with Crippen molar-refractivity contribution in [3.8, 4) is 0 Å². The number of carbonyl (C=O) groups excluding carboxylic acids is 4. The number of amides is 4. The molecule has 182 valence electrons. The van der Waals surface area contributed by atoms with Crippen molar-refractivity contribution < 1.29 is 34.2 Å². The van der Waals surface area contributed by atoms with Crippen LogP contribution in [0.3, 0.4) is 0 Å². The van der Waals surface area contributed by atoms with Gasteiger partial charge in [0.15, 0.2) is 0 Å². The van der Waals surface area contributed by atoms with Crippen LogP contribution in [0.4, 0.5) is 0 Å². The third kappa shape index (κ3) is 8.05. The van der Waals surface area contributed by atoms with Crippen LogP contribution >= 0.6 is 0 Å². The van der Waals surface area contributed by atoms with E-state index >= 15 is 0 Å². The number of hydrogen-bond acceptors (Lipinski definition) is 8. The first-order chi connectivity index (χ1) is 15.0. The molecule has 1 fully saturated rings. The van der Waals surface area contributed by atoms with Gasteiger partial charge in [0.25, 0.3) is 0 Å². The van der Waals surface area contributed by atoms with Gasteiger partial charge in [-0.3, -0.25) is 19.2 Å². The maximum atomic E-state index is 12.9. The summed E-state index contributed by atoms with van der Waals surface area (Å²) in [5.74, 6) is -4.21. The van der Waals surface area contributed by atoms with Gasteiger partial charge < -0.3 is 42.9 Å². The Morgan fingerprint density at radius 3 is 2.31 bits per heavy atom. The van der Waals surface area contributed by atoms with E-state index in [0.717, 1.165) is 4.90 Å². The minimum Gasteiger partial charge on any atom is -0.480 e. The van der Waals surface area contributed by atoms with E-state index in [1.54, 1.807) is 0 Å². The number of carbonyl (C=O) groups is 5. The van der Waals surface area contributed by atoms with Gasteiger partial charge in [-0.05, 0) is 45.6 Å². The van der Waals surface area contributed by atoms with Crippen LogP contribution in [0.2, 0.25) is 0 Å². The molecule has 0 aromatic heterocycles. The van der Waals surface area contributed by atoms with E-state index in [1.165, 1.54) is 6.92 Å². The van der Waals surface area contributed by atoms with Crippen molar-refractivity contribution >= 4 is 29.6 Å². The van der Waals surface area contributed by atoms with E-state index in [0.29, 0.717) is 25.8 Å². The SMILES string of the molecule is CC(O)C(NC(=O)C(CCCCN)NC(=O)C(N)CC(N)=O)C(=O)N1CCCC1C(=O)O. The number of nitrogens with two attached hydrogens (primary N) is 3. The van der Waals surface area contributed by atoms with Gasteiger partial charge in [0.1, 0.15) is 18.1 Å². The fourth-order valence-corrected chi connectivity index (χ4v) is 3.46. The number of unbranched alkanes of at least 4 members (excludes halogenated alkanes) is 1. The minimum absolute atomic E-state index is 0.167. The van der Waals surface area contributed by atoms with Crippen molar-refractivity contribution in [2.75, 3.05) is 13.1 Å². The van der Waals surface area contributed by atoms with Crippen LogP contribution in [0.15, 0.2) is 0 Å². The molecule has 13 nitrogen and oxygen atoms in total. The number of hydrogen-bond donors (Lipinski definition) is 7. The molecule has 5 atom stereocenters. The van der Waals surface area contributed by atoms with Crippen molar-refractivity contribution in [3.05, 3.63) is 0 Å². The van der Waals surface area contributed by atoms with Gasteiger partial charge in [0.2, 0.25) is 23.6 Å². The van der Waals surface area contributed by atoms with E-state index in [2.05, 4.69) is 10.6 Å². The summed E-state index contributed by atoms with van der Waals surface area (Å²) in [5, 5.41) is 24.3. The molecule has 0 aliphatic carbocycles. The molecule has 0 aromatic rings. The van der Waals surface area contributed by atoms with Gasteiger partial charge in [0.05, 0.1) is 18.6 Å². The number of nitrogens with zero attached hydrogens (tertiary/aromatic N) is 1. The number of nitrogens with one attached hydrogen (secondary N) is 2. The quantitative estimate of drug-likeness (QED) is 0.137. The van der Waals surface area contributed by atoms with E-state index in [4.69, 9.17) is 17.2 Å². The topological polar surface area (TPSA) is 231 Å². The fraction of sp³-hybridized carbons (Fsp3) is 0.737. The van der Waals surface area contributed by atoms with Crippen LogP contribution in [-0.4, -0.2) is 88.1 Å². The summed E-state index contributed by atoms with van der Waals surface area (Å²) < 4.78 is 0. The molecule has 1 heterocycles. The number of likely N-dealkylation sites (tertiary alicyclic amines) is 1. The molecule has 0 spiro atoms. The Bertz CT molecular complexity index is 702. The summed E-state index contributed by atoms with van der Waals surface area (Å²) in [7, 11) is 0. The Morgan fingerprint density at radius 2 is 1.78 bits per heavy atom. The maximum Gasteiger partial charge on any atom is 0.326 e. The monoisotopic (exact) mass is 458 g/mol. The summed E-state index contributed by atoms with van der Waals surface area (Å²) in [6, 6.07) is -4.81. The van der Waals surface area contributed by atoms with E-state index in [9.17, 15) is 34.2 Å². The summed E-state index contributed by atoms with van der Waals surface area (Å²) >= 11 is 0. The second-order valence-electron chi connectivity index (χ2n) is 7.88. The highest BCUT2D eigenvalue weighted by Crippen LogP contribution is 2.19. The van der Waals surface area contributed by atoms with E-state index in [-0.39, 0.29) is 19.4 Å². The highest BCUT2D eigenvalue weighted by molar-refractivity contribution is 5.95. The van der Waals surface area contributed by atoms with Crippen molar-refractivity contribution in [1.29, 1.82) is 0 Å². The van der Waals surface area contributed by atoms with Gasteiger partial charge in [-0.25, -0.2) is 4.79 Å². The van der Waals surface area contributed by atoms with Crippen molar-refractivity contribution in [3.63, 3.8) is 0 Å². The van der Waals surface area contributed by atoms with Crippen LogP contribution < -0.4 is 27.8 Å². The molecular formula is C19H34N6O7. The summed E-state index contributed by atoms with van der Waals surface area (Å²) in [5.41, 5.74) is 16.1. The highest BCUT2D eigenvalue weighted by atomic mass is 16.4. The van der Waals surface area contributed by atoms with Crippen LogP contribution in [0.1, 0.15) is 45.4 Å². The maximum absolute atomic E-state index is 12.9. The second kappa shape index (κ2) is 12.9. The van der Waals surface area contributed by atoms with Crippen LogP contribution in [0, 0.1) is 0 Å². The Labute approximate surface area is 186 Å². The zero-order chi connectivity index (χ0) is 24.4. The third-order valence-corrected chi connectivity index (χ3v) is 5.20. The molecule has 1 rings (SSSR count). The molecule has 13 heteroatoms. The molecule has 1 aliphatic rings. The third-order valence-electron chi connectivity index (χ3n) is 5.20. The Balaban J connectivity index is 2.95.